The lowest BCUT2D eigenvalue weighted by molar-refractivity contribution is -0.0556. The summed E-state index contributed by atoms with van der Waals surface area (Å²) in [4.78, 5) is 0. The topological polar surface area (TPSA) is 35.2 Å². The Morgan fingerprint density at radius 2 is 2.17 bits per heavy atom. The molecule has 0 aromatic heterocycles. The Bertz CT molecular complexity index is 438. The average Bonchev–Trinajstić information content (AvgIpc) is 2.32. The van der Waals surface area contributed by atoms with Crippen molar-refractivity contribution in [3.05, 3.63) is 35.4 Å². The molecule has 1 aliphatic rings. The zero-order valence-corrected chi connectivity index (χ0v) is 10.7. The molecule has 100 valence electrons. The molecule has 0 radical (unpaired) electrons. The molecular formula is C14H19F2NO. The SMILES string of the molecule is CCC1CC(C)OCC1(N)c1ccc(F)cc1F. The van der Waals surface area contributed by atoms with Crippen molar-refractivity contribution in [2.75, 3.05) is 6.61 Å². The van der Waals surface area contributed by atoms with E-state index in [0.29, 0.717) is 5.56 Å². The van der Waals surface area contributed by atoms with Gasteiger partial charge in [-0.1, -0.05) is 19.4 Å². The van der Waals surface area contributed by atoms with Crippen molar-refractivity contribution < 1.29 is 13.5 Å². The van der Waals surface area contributed by atoms with E-state index in [-0.39, 0.29) is 18.6 Å². The lowest BCUT2D eigenvalue weighted by atomic mass is 9.73. The molecule has 0 amide bonds. The minimum absolute atomic E-state index is 0.134. The van der Waals surface area contributed by atoms with Gasteiger partial charge < -0.3 is 10.5 Å². The number of ether oxygens (including phenoxy) is 1. The van der Waals surface area contributed by atoms with Crippen LogP contribution in [-0.2, 0) is 10.3 Å². The van der Waals surface area contributed by atoms with Crippen molar-refractivity contribution in [3.63, 3.8) is 0 Å². The molecule has 4 heteroatoms. The monoisotopic (exact) mass is 255 g/mol. The first-order valence-corrected chi connectivity index (χ1v) is 6.33. The van der Waals surface area contributed by atoms with Gasteiger partial charge in [-0.2, -0.15) is 0 Å². The highest BCUT2D eigenvalue weighted by atomic mass is 19.1. The smallest absolute Gasteiger partial charge is 0.131 e. The van der Waals surface area contributed by atoms with Gasteiger partial charge in [0.25, 0.3) is 0 Å². The summed E-state index contributed by atoms with van der Waals surface area (Å²) >= 11 is 0. The van der Waals surface area contributed by atoms with E-state index in [1.165, 1.54) is 12.1 Å². The molecule has 1 aliphatic heterocycles. The van der Waals surface area contributed by atoms with Crippen LogP contribution in [-0.4, -0.2) is 12.7 Å². The standard InChI is InChI=1S/C14H19F2NO/c1-3-10-6-9(2)18-8-14(10,17)12-5-4-11(15)7-13(12)16/h4-5,7,9-10H,3,6,8,17H2,1-2H3. The van der Waals surface area contributed by atoms with Crippen LogP contribution >= 0.6 is 0 Å². The molecule has 0 bridgehead atoms. The third-order valence-corrected chi connectivity index (χ3v) is 3.88. The maximum Gasteiger partial charge on any atom is 0.131 e. The van der Waals surface area contributed by atoms with E-state index < -0.39 is 17.2 Å². The largest absolute Gasteiger partial charge is 0.376 e. The zero-order chi connectivity index (χ0) is 13.3. The van der Waals surface area contributed by atoms with Crippen molar-refractivity contribution in [1.82, 2.24) is 0 Å². The summed E-state index contributed by atoms with van der Waals surface area (Å²) in [5.41, 5.74) is 5.85. The predicted molar refractivity (Wildman–Crippen MR) is 66.0 cm³/mol. The Balaban J connectivity index is 2.39. The Hall–Kier alpha value is -1.00. The second kappa shape index (κ2) is 4.94. The van der Waals surface area contributed by atoms with E-state index in [1.54, 1.807) is 0 Å². The van der Waals surface area contributed by atoms with Gasteiger partial charge in [0.05, 0.1) is 18.2 Å². The molecule has 1 aromatic rings. The van der Waals surface area contributed by atoms with Crippen LogP contribution in [0.1, 0.15) is 32.3 Å². The highest BCUT2D eigenvalue weighted by Crippen LogP contribution is 2.38. The van der Waals surface area contributed by atoms with Crippen LogP contribution in [0, 0.1) is 17.6 Å². The maximum absolute atomic E-state index is 13.9. The second-order valence-electron chi connectivity index (χ2n) is 5.13. The highest BCUT2D eigenvalue weighted by molar-refractivity contribution is 5.28. The molecule has 1 heterocycles. The normalized spacial score (nSPS) is 32.5. The fourth-order valence-corrected chi connectivity index (χ4v) is 2.77. The van der Waals surface area contributed by atoms with Crippen LogP contribution in [0.25, 0.3) is 0 Å². The Labute approximate surface area is 106 Å². The predicted octanol–water partition coefficient (Wildman–Crippen LogP) is 2.95. The summed E-state index contributed by atoms with van der Waals surface area (Å²) < 4.78 is 32.5. The van der Waals surface area contributed by atoms with Crippen molar-refractivity contribution >= 4 is 0 Å². The van der Waals surface area contributed by atoms with E-state index >= 15 is 0 Å². The van der Waals surface area contributed by atoms with Crippen molar-refractivity contribution in [1.29, 1.82) is 0 Å². The van der Waals surface area contributed by atoms with Gasteiger partial charge in [0.15, 0.2) is 0 Å². The van der Waals surface area contributed by atoms with E-state index in [1.807, 2.05) is 13.8 Å². The first-order chi connectivity index (χ1) is 8.47. The van der Waals surface area contributed by atoms with Gasteiger partial charge >= 0.3 is 0 Å². The molecule has 2 rings (SSSR count). The number of halogens is 2. The molecule has 1 aromatic carbocycles. The van der Waals surface area contributed by atoms with Gasteiger partial charge in [-0.3, -0.25) is 0 Å². The second-order valence-corrected chi connectivity index (χ2v) is 5.13. The van der Waals surface area contributed by atoms with Crippen LogP contribution in [0.4, 0.5) is 8.78 Å². The third-order valence-electron chi connectivity index (χ3n) is 3.88. The van der Waals surface area contributed by atoms with Crippen LogP contribution < -0.4 is 5.73 Å². The van der Waals surface area contributed by atoms with Crippen LogP contribution in [0.5, 0.6) is 0 Å². The Kier molecular flexibility index (Phi) is 3.69. The molecular weight excluding hydrogens is 236 g/mol. The number of benzene rings is 1. The van der Waals surface area contributed by atoms with Gasteiger partial charge in [0.1, 0.15) is 11.6 Å². The Morgan fingerprint density at radius 3 is 2.78 bits per heavy atom. The Morgan fingerprint density at radius 1 is 1.44 bits per heavy atom. The molecule has 18 heavy (non-hydrogen) atoms. The number of hydrogen-bond acceptors (Lipinski definition) is 2. The lowest BCUT2D eigenvalue weighted by Crippen LogP contribution is -2.53. The molecule has 1 fully saturated rings. The van der Waals surface area contributed by atoms with Crippen molar-refractivity contribution in [2.24, 2.45) is 11.7 Å². The first kappa shape index (κ1) is 13.4. The number of rotatable bonds is 2. The summed E-state index contributed by atoms with van der Waals surface area (Å²) in [6, 6.07) is 3.57. The minimum atomic E-state index is -0.862. The van der Waals surface area contributed by atoms with Crippen molar-refractivity contribution in [2.45, 2.75) is 38.3 Å². The van der Waals surface area contributed by atoms with E-state index in [0.717, 1.165) is 18.9 Å². The van der Waals surface area contributed by atoms with E-state index in [2.05, 4.69) is 0 Å². The molecule has 2 N–H and O–H groups in total. The van der Waals surface area contributed by atoms with Crippen LogP contribution in [0.15, 0.2) is 18.2 Å². The molecule has 0 aliphatic carbocycles. The van der Waals surface area contributed by atoms with Crippen molar-refractivity contribution in [3.8, 4) is 0 Å². The van der Waals surface area contributed by atoms with Gasteiger partial charge in [-0.15, -0.1) is 0 Å². The summed E-state index contributed by atoms with van der Waals surface area (Å²) in [6.45, 7) is 4.30. The number of nitrogens with two attached hydrogens (primary N) is 1. The zero-order valence-electron chi connectivity index (χ0n) is 10.7. The minimum Gasteiger partial charge on any atom is -0.376 e. The van der Waals surface area contributed by atoms with E-state index in [9.17, 15) is 8.78 Å². The van der Waals surface area contributed by atoms with Gasteiger partial charge in [0, 0.05) is 11.6 Å². The molecule has 1 saturated heterocycles. The molecule has 2 nitrogen and oxygen atoms in total. The number of hydrogen-bond donors (Lipinski definition) is 1. The third kappa shape index (κ3) is 2.27. The maximum atomic E-state index is 13.9. The highest BCUT2D eigenvalue weighted by Gasteiger charge is 2.42. The molecule has 3 unspecified atom stereocenters. The fourth-order valence-electron chi connectivity index (χ4n) is 2.77. The molecule has 0 spiro atoms. The van der Waals surface area contributed by atoms with Crippen LogP contribution in [0.2, 0.25) is 0 Å². The average molecular weight is 255 g/mol. The quantitative estimate of drug-likeness (QED) is 0.881. The van der Waals surface area contributed by atoms with Gasteiger partial charge in [-0.05, 0) is 25.3 Å². The fraction of sp³-hybridized carbons (Fsp3) is 0.571. The molecule has 3 atom stereocenters. The van der Waals surface area contributed by atoms with Gasteiger partial charge in [0.2, 0.25) is 0 Å². The summed E-state index contributed by atoms with van der Waals surface area (Å²) in [7, 11) is 0. The summed E-state index contributed by atoms with van der Waals surface area (Å²) in [5, 5.41) is 0. The van der Waals surface area contributed by atoms with Gasteiger partial charge in [-0.25, -0.2) is 8.78 Å². The summed E-state index contributed by atoms with van der Waals surface area (Å²) in [5.74, 6) is -1.03. The summed E-state index contributed by atoms with van der Waals surface area (Å²) in [6.07, 6.45) is 1.78. The first-order valence-electron chi connectivity index (χ1n) is 6.33. The lowest BCUT2D eigenvalue weighted by Gasteiger charge is -2.43. The molecule has 0 saturated carbocycles. The van der Waals surface area contributed by atoms with Crippen LogP contribution in [0.3, 0.4) is 0 Å². The van der Waals surface area contributed by atoms with E-state index in [4.69, 9.17) is 10.5 Å².